The second-order valence-electron chi connectivity index (χ2n) is 4.50. The summed E-state index contributed by atoms with van der Waals surface area (Å²) < 4.78 is 5.45. The summed E-state index contributed by atoms with van der Waals surface area (Å²) in [7, 11) is 0. The molecule has 0 aliphatic heterocycles. The predicted octanol–water partition coefficient (Wildman–Crippen LogP) is 1.98. The zero-order valence-electron chi connectivity index (χ0n) is 10.8. The van der Waals surface area contributed by atoms with E-state index in [4.69, 9.17) is 16.3 Å². The van der Waals surface area contributed by atoms with E-state index in [9.17, 15) is 0 Å². The molecule has 0 spiro atoms. The third-order valence-corrected chi connectivity index (χ3v) is 2.44. The van der Waals surface area contributed by atoms with Crippen LogP contribution >= 0.6 is 12.4 Å². The van der Waals surface area contributed by atoms with Crippen LogP contribution in [0.25, 0.3) is 0 Å². The summed E-state index contributed by atoms with van der Waals surface area (Å²) in [5.74, 6) is 3.23. The van der Waals surface area contributed by atoms with Gasteiger partial charge in [-0.15, -0.1) is 18.8 Å². The van der Waals surface area contributed by atoms with E-state index in [1.165, 1.54) is 0 Å². The van der Waals surface area contributed by atoms with Crippen molar-refractivity contribution in [3.05, 3.63) is 29.8 Å². The first kappa shape index (κ1) is 16.8. The monoisotopic (exact) mass is 269 g/mol. The number of halogens is 1. The Morgan fingerprint density at radius 3 is 2.67 bits per heavy atom. The number of rotatable bonds is 6. The van der Waals surface area contributed by atoms with E-state index in [0.29, 0.717) is 6.54 Å². The van der Waals surface area contributed by atoms with Crippen molar-refractivity contribution >= 4 is 12.4 Å². The molecule has 0 saturated carbocycles. The number of para-hydroxylation sites is 1. The maximum absolute atomic E-state index is 9.16. The molecule has 0 amide bonds. The fraction of sp³-hybridized carbons (Fsp3) is 0.429. The summed E-state index contributed by atoms with van der Waals surface area (Å²) in [5, 5.41) is 12.4. The molecule has 1 rings (SSSR count). The van der Waals surface area contributed by atoms with Gasteiger partial charge in [-0.05, 0) is 19.9 Å². The molecule has 0 bridgehead atoms. The van der Waals surface area contributed by atoms with Crippen LogP contribution in [0.15, 0.2) is 24.3 Å². The van der Waals surface area contributed by atoms with E-state index in [1.807, 2.05) is 38.1 Å². The molecule has 1 aromatic carbocycles. The van der Waals surface area contributed by atoms with Gasteiger partial charge in [0.05, 0.1) is 6.61 Å². The van der Waals surface area contributed by atoms with Gasteiger partial charge in [0.15, 0.2) is 0 Å². The van der Waals surface area contributed by atoms with Crippen molar-refractivity contribution in [1.82, 2.24) is 5.32 Å². The number of hydrogen-bond donors (Lipinski definition) is 2. The first-order valence-electron chi connectivity index (χ1n) is 5.59. The van der Waals surface area contributed by atoms with Gasteiger partial charge >= 0.3 is 0 Å². The van der Waals surface area contributed by atoms with Crippen LogP contribution in [0, 0.1) is 12.3 Å². The molecule has 0 saturated heterocycles. The lowest BCUT2D eigenvalue weighted by Gasteiger charge is -2.24. The molecule has 2 N–H and O–H groups in total. The minimum absolute atomic E-state index is 0. The van der Waals surface area contributed by atoms with Crippen molar-refractivity contribution < 1.29 is 9.84 Å². The van der Waals surface area contributed by atoms with Gasteiger partial charge in [-0.1, -0.05) is 24.1 Å². The highest BCUT2D eigenvalue weighted by Gasteiger charge is 2.15. The lowest BCUT2D eigenvalue weighted by Crippen LogP contribution is -2.42. The molecule has 4 heteroatoms. The maximum atomic E-state index is 9.16. The topological polar surface area (TPSA) is 41.5 Å². The van der Waals surface area contributed by atoms with E-state index < -0.39 is 0 Å². The normalized spacial score (nSPS) is 10.3. The molecular formula is C14H20ClNO2. The van der Waals surface area contributed by atoms with Gasteiger partial charge in [-0.25, -0.2) is 0 Å². The Hall–Kier alpha value is -1.21. The number of benzene rings is 1. The molecule has 18 heavy (non-hydrogen) atoms. The Morgan fingerprint density at radius 1 is 1.39 bits per heavy atom. The Bertz CT molecular complexity index is 399. The van der Waals surface area contributed by atoms with Crippen LogP contribution in [0.3, 0.4) is 0 Å². The first-order valence-corrected chi connectivity index (χ1v) is 5.59. The predicted molar refractivity (Wildman–Crippen MR) is 76.0 cm³/mol. The van der Waals surface area contributed by atoms with Crippen LogP contribution < -0.4 is 10.1 Å². The lowest BCUT2D eigenvalue weighted by molar-refractivity contribution is 0.187. The Labute approximate surface area is 115 Å². The highest BCUT2D eigenvalue weighted by Crippen LogP contribution is 2.18. The molecule has 0 heterocycles. The van der Waals surface area contributed by atoms with Crippen LogP contribution in [-0.2, 0) is 6.54 Å². The summed E-state index contributed by atoms with van der Waals surface area (Å²) in [5.41, 5.74) is 0.725. The summed E-state index contributed by atoms with van der Waals surface area (Å²) in [6.45, 7) is 4.87. The fourth-order valence-corrected chi connectivity index (χ4v) is 1.30. The van der Waals surface area contributed by atoms with Crippen molar-refractivity contribution in [2.24, 2.45) is 0 Å². The standard InChI is InChI=1S/C14H19NO2.ClH/c1-4-9-17-13-8-6-5-7-12(13)10-15-14(2,3)11-16;/h1,5-8,15-16H,9-11H2,2-3H3;1H. The number of nitrogens with one attached hydrogen (secondary N) is 1. The van der Waals surface area contributed by atoms with E-state index in [0.717, 1.165) is 11.3 Å². The average Bonchev–Trinajstić information content (AvgIpc) is 2.35. The second-order valence-corrected chi connectivity index (χ2v) is 4.50. The fourth-order valence-electron chi connectivity index (χ4n) is 1.30. The van der Waals surface area contributed by atoms with Gasteiger partial charge in [-0.2, -0.15) is 0 Å². The molecule has 1 aromatic rings. The molecular weight excluding hydrogens is 250 g/mol. The summed E-state index contributed by atoms with van der Waals surface area (Å²) in [4.78, 5) is 0. The van der Waals surface area contributed by atoms with Crippen LogP contribution in [0.2, 0.25) is 0 Å². The molecule has 0 unspecified atom stereocenters. The maximum Gasteiger partial charge on any atom is 0.148 e. The van der Waals surface area contributed by atoms with E-state index in [2.05, 4.69) is 11.2 Å². The summed E-state index contributed by atoms with van der Waals surface area (Å²) in [6, 6.07) is 7.73. The summed E-state index contributed by atoms with van der Waals surface area (Å²) in [6.07, 6.45) is 5.17. The Morgan fingerprint density at radius 2 is 2.06 bits per heavy atom. The van der Waals surface area contributed by atoms with E-state index in [-0.39, 0.29) is 31.2 Å². The van der Waals surface area contributed by atoms with Crippen LogP contribution in [-0.4, -0.2) is 23.9 Å². The van der Waals surface area contributed by atoms with Crippen LogP contribution in [0.4, 0.5) is 0 Å². The van der Waals surface area contributed by atoms with Crippen molar-refractivity contribution in [2.75, 3.05) is 13.2 Å². The molecule has 0 aromatic heterocycles. The van der Waals surface area contributed by atoms with E-state index >= 15 is 0 Å². The zero-order chi connectivity index (χ0) is 12.7. The molecule has 0 aliphatic rings. The largest absolute Gasteiger partial charge is 0.481 e. The minimum Gasteiger partial charge on any atom is -0.481 e. The number of ether oxygens (including phenoxy) is 1. The highest BCUT2D eigenvalue weighted by atomic mass is 35.5. The minimum atomic E-state index is -0.306. The number of hydrogen-bond acceptors (Lipinski definition) is 3. The van der Waals surface area contributed by atoms with Crippen molar-refractivity contribution in [3.8, 4) is 18.1 Å². The quantitative estimate of drug-likeness (QED) is 0.776. The van der Waals surface area contributed by atoms with Gasteiger partial charge in [0.1, 0.15) is 12.4 Å². The van der Waals surface area contributed by atoms with Crippen molar-refractivity contribution in [1.29, 1.82) is 0 Å². The molecule has 0 aliphatic carbocycles. The Balaban J connectivity index is 0.00000289. The smallest absolute Gasteiger partial charge is 0.148 e. The number of aliphatic hydroxyl groups is 1. The number of terminal acetylenes is 1. The first-order chi connectivity index (χ1) is 8.09. The van der Waals surface area contributed by atoms with Gasteiger partial charge in [0.25, 0.3) is 0 Å². The van der Waals surface area contributed by atoms with Crippen molar-refractivity contribution in [2.45, 2.75) is 25.9 Å². The molecule has 0 fully saturated rings. The summed E-state index contributed by atoms with van der Waals surface area (Å²) >= 11 is 0. The second kappa shape index (κ2) is 7.99. The van der Waals surface area contributed by atoms with Gasteiger partial charge in [0.2, 0.25) is 0 Å². The SMILES string of the molecule is C#CCOc1ccccc1CNC(C)(C)CO.Cl. The van der Waals surface area contributed by atoms with Gasteiger partial charge in [0, 0.05) is 17.6 Å². The average molecular weight is 270 g/mol. The third kappa shape index (κ3) is 5.42. The molecule has 3 nitrogen and oxygen atoms in total. The molecule has 0 atom stereocenters. The lowest BCUT2D eigenvalue weighted by atomic mass is 10.1. The van der Waals surface area contributed by atoms with Gasteiger partial charge in [-0.3, -0.25) is 0 Å². The Kier molecular flexibility index (Phi) is 7.45. The zero-order valence-corrected chi connectivity index (χ0v) is 11.6. The molecule has 100 valence electrons. The molecule has 0 radical (unpaired) electrons. The highest BCUT2D eigenvalue weighted by molar-refractivity contribution is 5.85. The van der Waals surface area contributed by atoms with Gasteiger partial charge < -0.3 is 15.2 Å². The van der Waals surface area contributed by atoms with Crippen molar-refractivity contribution in [3.63, 3.8) is 0 Å². The number of aliphatic hydroxyl groups excluding tert-OH is 1. The van der Waals surface area contributed by atoms with Crippen LogP contribution in [0.5, 0.6) is 5.75 Å². The third-order valence-electron chi connectivity index (χ3n) is 2.44. The van der Waals surface area contributed by atoms with E-state index in [1.54, 1.807) is 0 Å². The van der Waals surface area contributed by atoms with Crippen LogP contribution in [0.1, 0.15) is 19.4 Å².